The highest BCUT2D eigenvalue weighted by atomic mass is 79.9. The summed E-state index contributed by atoms with van der Waals surface area (Å²) in [6, 6.07) is 5.15. The molecule has 3 nitrogen and oxygen atoms in total. The minimum Gasteiger partial charge on any atom is -0.469 e. The van der Waals surface area contributed by atoms with Crippen molar-refractivity contribution in [2.24, 2.45) is 0 Å². The molecule has 0 saturated heterocycles. The fraction of sp³-hybridized carbons (Fsp3) is 0.200. The monoisotopic (exact) mass is 287 g/mol. The van der Waals surface area contributed by atoms with Gasteiger partial charge in [0.25, 0.3) is 0 Å². The lowest BCUT2D eigenvalue weighted by Gasteiger charge is -2.05. The SMILES string of the molecule is COC(=O)Cc1cc(Cl)cc(C#N)c1Br. The van der Waals surface area contributed by atoms with Gasteiger partial charge in [0, 0.05) is 9.50 Å². The summed E-state index contributed by atoms with van der Waals surface area (Å²) in [4.78, 5) is 11.1. The standard InChI is InChI=1S/C10H7BrClNO2/c1-15-9(14)4-6-2-8(12)3-7(5-13)10(6)11/h2-3H,4H2,1H3. The third kappa shape index (κ3) is 2.95. The van der Waals surface area contributed by atoms with E-state index in [9.17, 15) is 4.79 Å². The zero-order valence-corrected chi connectivity index (χ0v) is 10.2. The summed E-state index contributed by atoms with van der Waals surface area (Å²) in [5.41, 5.74) is 1.05. The Morgan fingerprint density at radius 3 is 2.87 bits per heavy atom. The van der Waals surface area contributed by atoms with Crippen molar-refractivity contribution in [2.75, 3.05) is 7.11 Å². The van der Waals surface area contributed by atoms with Gasteiger partial charge in [-0.05, 0) is 33.6 Å². The van der Waals surface area contributed by atoms with E-state index in [1.165, 1.54) is 13.2 Å². The van der Waals surface area contributed by atoms with E-state index in [1.807, 2.05) is 6.07 Å². The molecule has 0 amide bonds. The highest BCUT2D eigenvalue weighted by Gasteiger charge is 2.11. The van der Waals surface area contributed by atoms with Crippen molar-refractivity contribution in [1.82, 2.24) is 0 Å². The van der Waals surface area contributed by atoms with Crippen LogP contribution >= 0.6 is 27.5 Å². The van der Waals surface area contributed by atoms with Gasteiger partial charge in [0.15, 0.2) is 0 Å². The number of nitrogens with zero attached hydrogens (tertiary/aromatic N) is 1. The maximum Gasteiger partial charge on any atom is 0.310 e. The molecule has 0 heterocycles. The largest absolute Gasteiger partial charge is 0.469 e. The third-order valence-electron chi connectivity index (χ3n) is 1.80. The molecule has 1 aromatic carbocycles. The van der Waals surface area contributed by atoms with Gasteiger partial charge < -0.3 is 4.74 Å². The number of nitriles is 1. The number of ether oxygens (including phenoxy) is 1. The number of halogens is 2. The Kier molecular flexibility index (Phi) is 4.13. The fourth-order valence-corrected chi connectivity index (χ4v) is 1.78. The van der Waals surface area contributed by atoms with Crippen LogP contribution in [0.5, 0.6) is 0 Å². The van der Waals surface area contributed by atoms with Crippen LogP contribution in [0.4, 0.5) is 0 Å². The van der Waals surface area contributed by atoms with Crippen LogP contribution in [0.1, 0.15) is 11.1 Å². The maximum atomic E-state index is 11.1. The number of benzene rings is 1. The summed E-state index contributed by atoms with van der Waals surface area (Å²) in [7, 11) is 1.31. The second-order valence-corrected chi connectivity index (χ2v) is 4.02. The molecule has 0 aliphatic heterocycles. The average molecular weight is 289 g/mol. The number of carbonyl (C=O) groups excluding carboxylic acids is 1. The molecule has 1 rings (SSSR count). The number of methoxy groups -OCH3 is 1. The normalized spacial score (nSPS) is 9.47. The number of rotatable bonds is 2. The van der Waals surface area contributed by atoms with Crippen LogP contribution in [0.2, 0.25) is 5.02 Å². The molecule has 0 fully saturated rings. The van der Waals surface area contributed by atoms with E-state index < -0.39 is 0 Å². The van der Waals surface area contributed by atoms with Gasteiger partial charge in [-0.15, -0.1) is 0 Å². The molecule has 5 heteroatoms. The minimum absolute atomic E-state index is 0.0896. The van der Waals surface area contributed by atoms with Crippen molar-refractivity contribution < 1.29 is 9.53 Å². The van der Waals surface area contributed by atoms with Crippen molar-refractivity contribution in [3.8, 4) is 6.07 Å². The van der Waals surface area contributed by atoms with Gasteiger partial charge in [-0.25, -0.2) is 0 Å². The quantitative estimate of drug-likeness (QED) is 0.786. The summed E-state index contributed by atoms with van der Waals surface area (Å²) >= 11 is 9.05. The highest BCUT2D eigenvalue weighted by molar-refractivity contribution is 9.10. The fourth-order valence-electron chi connectivity index (χ4n) is 1.08. The maximum absolute atomic E-state index is 11.1. The second kappa shape index (κ2) is 5.15. The van der Waals surface area contributed by atoms with Crippen LogP contribution in [-0.4, -0.2) is 13.1 Å². The topological polar surface area (TPSA) is 50.1 Å². The first-order valence-corrected chi connectivity index (χ1v) is 5.20. The zero-order chi connectivity index (χ0) is 11.4. The molecular weight excluding hydrogens is 281 g/mol. The summed E-state index contributed by atoms with van der Waals surface area (Å²) in [5.74, 6) is -0.373. The van der Waals surface area contributed by atoms with Gasteiger partial charge in [-0.2, -0.15) is 5.26 Å². The molecule has 0 spiro atoms. The van der Waals surface area contributed by atoms with Gasteiger partial charge in [0.2, 0.25) is 0 Å². The molecular formula is C10H7BrClNO2. The van der Waals surface area contributed by atoms with E-state index in [2.05, 4.69) is 20.7 Å². The lowest BCUT2D eigenvalue weighted by molar-refractivity contribution is -0.139. The van der Waals surface area contributed by atoms with Crippen LogP contribution in [0, 0.1) is 11.3 Å². The molecule has 0 radical (unpaired) electrons. The third-order valence-corrected chi connectivity index (χ3v) is 2.95. The predicted molar refractivity (Wildman–Crippen MR) is 59.6 cm³/mol. The number of hydrogen-bond donors (Lipinski definition) is 0. The van der Waals surface area contributed by atoms with Crippen molar-refractivity contribution in [3.05, 3.63) is 32.8 Å². The van der Waals surface area contributed by atoms with Gasteiger partial charge in [0.1, 0.15) is 6.07 Å². The number of hydrogen-bond acceptors (Lipinski definition) is 3. The number of carbonyl (C=O) groups is 1. The summed E-state index contributed by atoms with van der Waals surface area (Å²) in [6.45, 7) is 0. The molecule has 0 atom stereocenters. The Balaban J connectivity index is 3.13. The summed E-state index contributed by atoms with van der Waals surface area (Å²) < 4.78 is 5.12. The summed E-state index contributed by atoms with van der Waals surface area (Å²) in [6.07, 6.45) is 0.0896. The molecule has 0 N–H and O–H groups in total. The molecule has 15 heavy (non-hydrogen) atoms. The molecule has 0 aliphatic carbocycles. The first-order valence-electron chi connectivity index (χ1n) is 4.03. The van der Waals surface area contributed by atoms with E-state index in [0.29, 0.717) is 20.6 Å². The van der Waals surface area contributed by atoms with Crippen molar-refractivity contribution in [3.63, 3.8) is 0 Å². The molecule has 0 bridgehead atoms. The molecule has 0 unspecified atom stereocenters. The Morgan fingerprint density at radius 2 is 2.33 bits per heavy atom. The predicted octanol–water partition coefficient (Wildman–Crippen LogP) is 2.69. The van der Waals surface area contributed by atoms with E-state index >= 15 is 0 Å². The van der Waals surface area contributed by atoms with E-state index in [1.54, 1.807) is 6.07 Å². The highest BCUT2D eigenvalue weighted by Crippen LogP contribution is 2.26. The first kappa shape index (κ1) is 12.0. The minimum atomic E-state index is -0.373. The van der Waals surface area contributed by atoms with Crippen molar-refractivity contribution in [2.45, 2.75) is 6.42 Å². The van der Waals surface area contributed by atoms with Crippen LogP contribution < -0.4 is 0 Å². The van der Waals surface area contributed by atoms with E-state index in [0.717, 1.165) is 0 Å². The zero-order valence-electron chi connectivity index (χ0n) is 7.88. The van der Waals surface area contributed by atoms with Crippen molar-refractivity contribution in [1.29, 1.82) is 5.26 Å². The van der Waals surface area contributed by atoms with Gasteiger partial charge >= 0.3 is 5.97 Å². The number of esters is 1. The lowest BCUT2D eigenvalue weighted by atomic mass is 10.1. The van der Waals surface area contributed by atoms with Gasteiger partial charge in [-0.1, -0.05) is 11.6 Å². The Hall–Kier alpha value is -1.05. The Labute approximate surface area is 101 Å². The van der Waals surface area contributed by atoms with Crippen LogP contribution in [0.25, 0.3) is 0 Å². The van der Waals surface area contributed by atoms with E-state index in [-0.39, 0.29) is 12.4 Å². The molecule has 0 saturated carbocycles. The Morgan fingerprint density at radius 1 is 1.67 bits per heavy atom. The Bertz CT molecular complexity index is 440. The van der Waals surface area contributed by atoms with Gasteiger partial charge in [0.05, 0.1) is 19.1 Å². The lowest BCUT2D eigenvalue weighted by Crippen LogP contribution is -2.05. The molecule has 78 valence electrons. The van der Waals surface area contributed by atoms with Crippen LogP contribution in [0.3, 0.4) is 0 Å². The average Bonchev–Trinajstić information content (AvgIpc) is 2.22. The van der Waals surface area contributed by atoms with Crippen LogP contribution in [0.15, 0.2) is 16.6 Å². The smallest absolute Gasteiger partial charge is 0.310 e. The van der Waals surface area contributed by atoms with Crippen LogP contribution in [-0.2, 0) is 16.0 Å². The first-order chi connectivity index (χ1) is 7.08. The van der Waals surface area contributed by atoms with E-state index in [4.69, 9.17) is 16.9 Å². The molecule has 0 aliphatic rings. The summed E-state index contributed by atoms with van der Waals surface area (Å²) in [5, 5.41) is 9.23. The second-order valence-electron chi connectivity index (χ2n) is 2.79. The molecule has 0 aromatic heterocycles. The molecule has 1 aromatic rings. The van der Waals surface area contributed by atoms with Crippen molar-refractivity contribution >= 4 is 33.5 Å². The van der Waals surface area contributed by atoms with Gasteiger partial charge in [-0.3, -0.25) is 4.79 Å².